The summed E-state index contributed by atoms with van der Waals surface area (Å²) in [4.78, 5) is 23.4. The highest BCUT2D eigenvalue weighted by molar-refractivity contribution is 9.10. The minimum atomic E-state index is -0.566. The first-order valence-corrected chi connectivity index (χ1v) is 9.52. The minimum absolute atomic E-state index is 0.0163. The number of halogens is 1. The van der Waals surface area contributed by atoms with Gasteiger partial charge in [0.25, 0.3) is 5.69 Å². The van der Waals surface area contributed by atoms with Crippen LogP contribution in [-0.2, 0) is 4.79 Å². The van der Waals surface area contributed by atoms with Gasteiger partial charge in [0.05, 0.1) is 27.6 Å². The molecule has 0 bridgehead atoms. The molecule has 0 aliphatic rings. The van der Waals surface area contributed by atoms with Crippen LogP contribution in [-0.4, -0.2) is 22.7 Å². The third kappa shape index (κ3) is 5.45. The summed E-state index contributed by atoms with van der Waals surface area (Å²) in [6.45, 7) is 3.80. The second-order valence-corrected chi connectivity index (χ2v) is 7.53. The lowest BCUT2D eigenvalue weighted by Crippen LogP contribution is -2.20. The van der Waals surface area contributed by atoms with E-state index >= 15 is 0 Å². The molecule has 7 nitrogen and oxygen atoms in total. The van der Waals surface area contributed by atoms with Gasteiger partial charge in [-0.05, 0) is 48.0 Å². The molecule has 1 atom stereocenters. The van der Waals surface area contributed by atoms with Crippen molar-refractivity contribution in [2.24, 2.45) is 0 Å². The number of rotatable bonds is 7. The molecule has 2 rings (SSSR count). The molecule has 0 saturated heterocycles. The Morgan fingerprint density at radius 3 is 2.59 bits per heavy atom. The first-order valence-electron chi connectivity index (χ1n) is 7.85. The number of nitro groups is 1. The summed E-state index contributed by atoms with van der Waals surface area (Å²) in [5.74, 6) is -0.00831. The highest BCUT2D eigenvalue weighted by atomic mass is 79.9. The molecular weight excluding hydrogens is 436 g/mol. The van der Waals surface area contributed by atoms with Crippen LogP contribution in [0.2, 0.25) is 0 Å². The van der Waals surface area contributed by atoms with Gasteiger partial charge in [-0.25, -0.2) is 0 Å². The van der Waals surface area contributed by atoms with Crippen LogP contribution in [0.4, 0.5) is 5.69 Å². The van der Waals surface area contributed by atoms with E-state index in [1.54, 1.807) is 32.0 Å². The van der Waals surface area contributed by atoms with Crippen molar-refractivity contribution >= 4 is 39.3 Å². The number of non-ortho nitro benzene ring substituents is 1. The number of hydrogen-bond acceptors (Lipinski definition) is 7. The molecule has 0 amide bonds. The van der Waals surface area contributed by atoms with Gasteiger partial charge < -0.3 is 9.47 Å². The zero-order valence-electron chi connectivity index (χ0n) is 14.5. The summed E-state index contributed by atoms with van der Waals surface area (Å²) in [6.07, 6.45) is 0. The van der Waals surface area contributed by atoms with E-state index in [1.165, 1.54) is 30.0 Å². The van der Waals surface area contributed by atoms with Crippen molar-refractivity contribution in [1.82, 2.24) is 0 Å². The zero-order chi connectivity index (χ0) is 20.0. The van der Waals surface area contributed by atoms with Crippen molar-refractivity contribution < 1.29 is 19.2 Å². The quantitative estimate of drug-likeness (QED) is 0.197. The van der Waals surface area contributed by atoms with Gasteiger partial charge in [-0.3, -0.25) is 14.9 Å². The Kier molecular flexibility index (Phi) is 7.21. The number of nitro benzene ring substituents is 1. The monoisotopic (exact) mass is 450 g/mol. The average molecular weight is 451 g/mol. The summed E-state index contributed by atoms with van der Waals surface area (Å²) in [5.41, 5.74) is 0.357. The molecular formula is C18H15BrN2O5S. The van der Waals surface area contributed by atoms with Crippen LogP contribution >= 0.6 is 27.7 Å². The van der Waals surface area contributed by atoms with E-state index in [0.29, 0.717) is 27.3 Å². The first-order chi connectivity index (χ1) is 12.8. The van der Waals surface area contributed by atoms with E-state index in [-0.39, 0.29) is 11.4 Å². The SMILES string of the molecule is CCOc1cc(C#N)cc(Br)c1OC(=O)C(C)Sc1ccc([N+](=O)[O-])cc1. The fourth-order valence-corrected chi connectivity index (χ4v) is 3.45. The second kappa shape index (κ2) is 9.39. The van der Waals surface area contributed by atoms with Crippen molar-refractivity contribution in [2.45, 2.75) is 24.0 Å². The maximum Gasteiger partial charge on any atom is 0.324 e. The van der Waals surface area contributed by atoms with Gasteiger partial charge in [-0.2, -0.15) is 5.26 Å². The van der Waals surface area contributed by atoms with Crippen molar-refractivity contribution in [1.29, 1.82) is 5.26 Å². The zero-order valence-corrected chi connectivity index (χ0v) is 16.9. The van der Waals surface area contributed by atoms with Crippen LogP contribution in [0.1, 0.15) is 19.4 Å². The molecule has 0 saturated carbocycles. The molecule has 0 aliphatic heterocycles. The summed E-state index contributed by atoms with van der Waals surface area (Å²) < 4.78 is 11.4. The second-order valence-electron chi connectivity index (χ2n) is 5.26. The fourth-order valence-electron chi connectivity index (χ4n) is 2.08. The summed E-state index contributed by atoms with van der Waals surface area (Å²) in [6, 6.07) is 11.0. The topological polar surface area (TPSA) is 102 Å². The summed E-state index contributed by atoms with van der Waals surface area (Å²) >= 11 is 4.51. The van der Waals surface area contributed by atoms with E-state index in [0.717, 1.165) is 0 Å². The number of nitriles is 1. The van der Waals surface area contributed by atoms with Crippen LogP contribution in [0.5, 0.6) is 11.5 Å². The molecule has 0 N–H and O–H groups in total. The molecule has 27 heavy (non-hydrogen) atoms. The Bertz CT molecular complexity index is 896. The molecule has 0 radical (unpaired) electrons. The smallest absolute Gasteiger partial charge is 0.324 e. The number of ether oxygens (including phenoxy) is 2. The van der Waals surface area contributed by atoms with Crippen molar-refractivity contribution in [3.8, 4) is 17.6 Å². The number of benzene rings is 2. The Hall–Kier alpha value is -2.57. The third-order valence-electron chi connectivity index (χ3n) is 3.33. The maximum absolute atomic E-state index is 12.5. The lowest BCUT2D eigenvalue weighted by Gasteiger charge is -2.15. The molecule has 2 aromatic rings. The molecule has 2 aromatic carbocycles. The van der Waals surface area contributed by atoms with Crippen LogP contribution < -0.4 is 9.47 Å². The maximum atomic E-state index is 12.5. The Morgan fingerprint density at radius 2 is 2.04 bits per heavy atom. The third-order valence-corrected chi connectivity index (χ3v) is 5.01. The number of carbonyl (C=O) groups is 1. The van der Waals surface area contributed by atoms with E-state index in [9.17, 15) is 14.9 Å². The molecule has 0 aromatic heterocycles. The highest BCUT2D eigenvalue weighted by Crippen LogP contribution is 2.38. The van der Waals surface area contributed by atoms with E-state index < -0.39 is 16.1 Å². The molecule has 140 valence electrons. The number of thioether (sulfide) groups is 1. The highest BCUT2D eigenvalue weighted by Gasteiger charge is 2.21. The minimum Gasteiger partial charge on any atom is -0.490 e. The van der Waals surface area contributed by atoms with Crippen LogP contribution in [0.3, 0.4) is 0 Å². The lowest BCUT2D eigenvalue weighted by molar-refractivity contribution is -0.384. The largest absolute Gasteiger partial charge is 0.490 e. The van der Waals surface area contributed by atoms with Crippen LogP contribution in [0, 0.1) is 21.4 Å². The molecule has 1 unspecified atom stereocenters. The van der Waals surface area contributed by atoms with Crippen molar-refractivity contribution in [3.63, 3.8) is 0 Å². The number of esters is 1. The van der Waals surface area contributed by atoms with Gasteiger partial charge in [0.2, 0.25) is 0 Å². The van der Waals surface area contributed by atoms with Crippen LogP contribution in [0.25, 0.3) is 0 Å². The van der Waals surface area contributed by atoms with Gasteiger partial charge in [0.1, 0.15) is 5.25 Å². The number of carbonyl (C=O) groups excluding carboxylic acids is 1. The summed E-state index contributed by atoms with van der Waals surface area (Å²) in [5, 5.41) is 19.2. The van der Waals surface area contributed by atoms with E-state index in [2.05, 4.69) is 15.9 Å². The van der Waals surface area contributed by atoms with Crippen molar-refractivity contribution in [3.05, 3.63) is 56.5 Å². The lowest BCUT2D eigenvalue weighted by atomic mass is 10.2. The van der Waals surface area contributed by atoms with E-state index in [4.69, 9.17) is 14.7 Å². The first kappa shape index (κ1) is 20.7. The van der Waals surface area contributed by atoms with Gasteiger partial charge in [-0.15, -0.1) is 11.8 Å². The van der Waals surface area contributed by atoms with Crippen LogP contribution in [0.15, 0.2) is 45.8 Å². The predicted octanol–water partition coefficient (Wildman–Crippen LogP) is 4.71. The van der Waals surface area contributed by atoms with Gasteiger partial charge in [0.15, 0.2) is 11.5 Å². The van der Waals surface area contributed by atoms with Gasteiger partial charge >= 0.3 is 5.97 Å². The molecule has 0 aliphatic carbocycles. The van der Waals surface area contributed by atoms with E-state index in [1.807, 2.05) is 6.07 Å². The van der Waals surface area contributed by atoms with Gasteiger partial charge in [0, 0.05) is 23.1 Å². The number of nitrogens with zero attached hydrogens (tertiary/aromatic N) is 2. The molecule has 0 fully saturated rings. The van der Waals surface area contributed by atoms with Gasteiger partial charge in [-0.1, -0.05) is 0 Å². The predicted molar refractivity (Wildman–Crippen MR) is 104 cm³/mol. The summed E-state index contributed by atoms with van der Waals surface area (Å²) in [7, 11) is 0. The Morgan fingerprint density at radius 1 is 1.37 bits per heavy atom. The Balaban J connectivity index is 2.14. The average Bonchev–Trinajstić information content (AvgIpc) is 2.64. The standard InChI is InChI=1S/C18H15BrN2O5S/c1-3-25-16-9-12(10-20)8-15(19)17(16)26-18(22)11(2)27-14-6-4-13(5-7-14)21(23)24/h4-9,11H,3H2,1-2H3. The molecule has 0 spiro atoms. The Labute approximate surface area is 168 Å². The number of hydrogen-bond donors (Lipinski definition) is 0. The molecule has 9 heteroatoms. The molecule has 0 heterocycles. The van der Waals surface area contributed by atoms with Crippen molar-refractivity contribution in [2.75, 3.05) is 6.61 Å². The normalized spacial score (nSPS) is 11.3. The fraction of sp³-hybridized carbons (Fsp3) is 0.222.